The van der Waals surface area contributed by atoms with Crippen molar-refractivity contribution in [2.24, 2.45) is 0 Å². The second-order valence-electron chi connectivity index (χ2n) is 9.11. The average Bonchev–Trinajstić information content (AvgIpc) is 3.34. The van der Waals surface area contributed by atoms with Crippen molar-refractivity contribution in [3.8, 4) is 28.1 Å². The molecule has 198 valence electrons. The summed E-state index contributed by atoms with van der Waals surface area (Å²) in [5.41, 5.74) is 6.07. The molecule has 0 bridgehead atoms. The van der Waals surface area contributed by atoms with Crippen LogP contribution in [0.25, 0.3) is 33.4 Å². The topological polar surface area (TPSA) is 111 Å². The summed E-state index contributed by atoms with van der Waals surface area (Å²) in [5, 5.41) is 2.62. The number of carbonyl (C=O) groups is 1. The Labute approximate surface area is 225 Å². The second-order valence-corrected chi connectivity index (χ2v) is 9.11. The highest BCUT2D eigenvalue weighted by atomic mass is 16.5. The fraction of sp³-hybridized carbons (Fsp3) is 0.200. The van der Waals surface area contributed by atoms with E-state index in [0.29, 0.717) is 11.0 Å². The number of carbonyl (C=O) groups excluding carboxylic acids is 1. The Balaban J connectivity index is 1.60. The minimum absolute atomic E-state index is 0.117. The first-order valence-electron chi connectivity index (χ1n) is 12.6. The zero-order valence-electron chi connectivity index (χ0n) is 22.2. The van der Waals surface area contributed by atoms with Gasteiger partial charge in [-0.2, -0.15) is 0 Å². The van der Waals surface area contributed by atoms with Gasteiger partial charge >= 0.3 is 6.09 Å². The summed E-state index contributed by atoms with van der Waals surface area (Å²) in [6.45, 7) is 5.90. The molecule has 1 unspecified atom stereocenters. The minimum atomic E-state index is -0.597. The third-order valence-electron chi connectivity index (χ3n) is 6.58. The Morgan fingerprint density at radius 2 is 1.90 bits per heavy atom. The van der Waals surface area contributed by atoms with Gasteiger partial charge in [-0.05, 0) is 79.9 Å². The molecule has 0 spiro atoms. The lowest BCUT2D eigenvalue weighted by Gasteiger charge is -2.20. The number of pyridine rings is 2. The Morgan fingerprint density at radius 1 is 1.08 bits per heavy atom. The molecule has 0 radical (unpaired) electrons. The number of fused-ring (bicyclic) bond motifs is 1. The summed E-state index contributed by atoms with van der Waals surface area (Å²) in [4.78, 5) is 37.7. The first-order chi connectivity index (χ1) is 18.9. The first-order valence-corrected chi connectivity index (χ1v) is 12.6. The number of nitrogens with zero attached hydrogens (tertiary/aromatic N) is 3. The summed E-state index contributed by atoms with van der Waals surface area (Å²) in [7, 11) is 1.63. The van der Waals surface area contributed by atoms with Gasteiger partial charge in [-0.15, -0.1) is 0 Å². The maximum Gasteiger partial charge on any atom is 0.413 e. The molecule has 0 saturated heterocycles. The lowest BCUT2D eigenvalue weighted by molar-refractivity contribution is 0.167. The van der Waals surface area contributed by atoms with Crippen molar-refractivity contribution in [2.75, 3.05) is 19.0 Å². The molecule has 9 heteroatoms. The quantitative estimate of drug-likeness (QED) is 0.273. The van der Waals surface area contributed by atoms with Gasteiger partial charge in [-0.1, -0.05) is 18.2 Å². The summed E-state index contributed by atoms with van der Waals surface area (Å²) in [6.07, 6.45) is 1.12. The number of imidazole rings is 1. The van der Waals surface area contributed by atoms with Crippen molar-refractivity contribution in [2.45, 2.75) is 26.8 Å². The number of rotatable bonds is 7. The molecule has 0 aliphatic rings. The number of nitrogens with one attached hydrogen (secondary N) is 2. The zero-order chi connectivity index (χ0) is 27.5. The monoisotopic (exact) mass is 523 g/mol. The lowest BCUT2D eigenvalue weighted by Crippen LogP contribution is -2.25. The van der Waals surface area contributed by atoms with Crippen LogP contribution in [0.2, 0.25) is 0 Å². The van der Waals surface area contributed by atoms with Crippen LogP contribution in [0.3, 0.4) is 0 Å². The van der Waals surface area contributed by atoms with Gasteiger partial charge in [0.05, 0.1) is 36.5 Å². The van der Waals surface area contributed by atoms with E-state index in [1.54, 1.807) is 30.9 Å². The molecule has 0 aliphatic carbocycles. The van der Waals surface area contributed by atoms with Crippen molar-refractivity contribution in [1.29, 1.82) is 0 Å². The molecule has 39 heavy (non-hydrogen) atoms. The van der Waals surface area contributed by atoms with E-state index in [1.807, 2.05) is 74.5 Å². The Hall–Kier alpha value is -4.92. The summed E-state index contributed by atoms with van der Waals surface area (Å²) in [5.74, 6) is 1.00. The second kappa shape index (κ2) is 10.8. The van der Waals surface area contributed by atoms with Crippen LogP contribution in [0.4, 0.5) is 10.7 Å². The van der Waals surface area contributed by atoms with Gasteiger partial charge in [0.15, 0.2) is 0 Å². The predicted molar refractivity (Wildman–Crippen MR) is 151 cm³/mol. The van der Waals surface area contributed by atoms with Gasteiger partial charge in [0.1, 0.15) is 5.75 Å². The van der Waals surface area contributed by atoms with Gasteiger partial charge in [0.2, 0.25) is 5.95 Å². The van der Waals surface area contributed by atoms with Gasteiger partial charge in [0, 0.05) is 23.5 Å². The molecule has 5 rings (SSSR count). The SMILES string of the molecule is CCOC(=O)Nc1nc2c(-c3ccccn3)cc(-c3cc(C)n(C(C)c4cccc(OC)c4)c(=O)c3)cc2[nH]1. The van der Waals surface area contributed by atoms with Gasteiger partial charge in [-0.3, -0.25) is 15.1 Å². The molecule has 3 aromatic heterocycles. The molecule has 1 amide bonds. The van der Waals surface area contributed by atoms with Gasteiger partial charge in [0.25, 0.3) is 5.56 Å². The highest BCUT2D eigenvalue weighted by molar-refractivity contribution is 5.97. The van der Waals surface area contributed by atoms with Gasteiger partial charge < -0.3 is 19.0 Å². The fourth-order valence-electron chi connectivity index (χ4n) is 4.75. The molecule has 0 fully saturated rings. The third kappa shape index (κ3) is 5.24. The molecular formula is C30H29N5O4. The maximum atomic E-state index is 13.4. The number of hydrogen-bond acceptors (Lipinski definition) is 6. The molecule has 1 atom stereocenters. The molecule has 0 aliphatic heterocycles. The number of amides is 1. The highest BCUT2D eigenvalue weighted by Gasteiger charge is 2.18. The van der Waals surface area contributed by atoms with Crippen molar-refractivity contribution in [3.63, 3.8) is 0 Å². The van der Waals surface area contributed by atoms with E-state index in [-0.39, 0.29) is 24.2 Å². The number of ether oxygens (including phenoxy) is 2. The Morgan fingerprint density at radius 3 is 2.62 bits per heavy atom. The zero-order valence-corrected chi connectivity index (χ0v) is 22.2. The normalized spacial score (nSPS) is 11.8. The van der Waals surface area contributed by atoms with Crippen LogP contribution in [0, 0.1) is 6.92 Å². The van der Waals surface area contributed by atoms with E-state index < -0.39 is 6.09 Å². The van der Waals surface area contributed by atoms with Crippen LogP contribution in [0.5, 0.6) is 5.75 Å². The number of benzene rings is 2. The van der Waals surface area contributed by atoms with E-state index in [1.165, 1.54) is 0 Å². The van der Waals surface area contributed by atoms with Crippen molar-refractivity contribution >= 4 is 23.1 Å². The fourth-order valence-corrected chi connectivity index (χ4v) is 4.75. The molecule has 2 N–H and O–H groups in total. The standard InChI is InChI=1S/C30H29N5O4/c1-5-39-30(37)34-29-32-26-16-22(15-24(28(26)33-29)25-11-6-7-12-31-25)21-13-18(2)35(27(36)17-21)19(3)20-9-8-10-23(14-20)38-4/h6-17,19H,5H2,1-4H3,(H2,32,33,34,37). The average molecular weight is 524 g/mol. The number of aromatic nitrogens is 4. The molecule has 2 aromatic carbocycles. The first kappa shape index (κ1) is 25.7. The van der Waals surface area contributed by atoms with Crippen molar-refractivity contribution in [1.82, 2.24) is 19.5 Å². The van der Waals surface area contributed by atoms with E-state index in [4.69, 9.17) is 9.47 Å². The predicted octanol–water partition coefficient (Wildman–Crippen LogP) is 5.95. The molecule has 5 aromatic rings. The van der Waals surface area contributed by atoms with Crippen LogP contribution in [0.1, 0.15) is 31.1 Å². The largest absolute Gasteiger partial charge is 0.497 e. The van der Waals surface area contributed by atoms with Crippen molar-refractivity contribution in [3.05, 3.63) is 94.5 Å². The summed E-state index contributed by atoms with van der Waals surface area (Å²) < 4.78 is 12.1. The number of H-pyrrole nitrogens is 1. The maximum absolute atomic E-state index is 13.4. The molecule has 3 heterocycles. The number of aromatic amines is 1. The minimum Gasteiger partial charge on any atom is -0.497 e. The van der Waals surface area contributed by atoms with Crippen LogP contribution >= 0.6 is 0 Å². The van der Waals surface area contributed by atoms with Crippen LogP contribution in [0.15, 0.2) is 77.7 Å². The number of hydrogen-bond donors (Lipinski definition) is 2. The summed E-state index contributed by atoms with van der Waals surface area (Å²) >= 11 is 0. The van der Waals surface area contributed by atoms with Crippen LogP contribution < -0.4 is 15.6 Å². The molecule has 9 nitrogen and oxygen atoms in total. The smallest absolute Gasteiger partial charge is 0.413 e. The highest BCUT2D eigenvalue weighted by Crippen LogP contribution is 2.33. The van der Waals surface area contributed by atoms with Crippen molar-refractivity contribution < 1.29 is 14.3 Å². The lowest BCUT2D eigenvalue weighted by atomic mass is 9.99. The van der Waals surface area contributed by atoms with Crippen LogP contribution in [-0.4, -0.2) is 39.3 Å². The summed E-state index contributed by atoms with van der Waals surface area (Å²) in [6, 6.07) is 20.7. The van der Waals surface area contributed by atoms with Gasteiger partial charge in [-0.25, -0.2) is 9.78 Å². The number of aryl methyl sites for hydroxylation is 1. The van der Waals surface area contributed by atoms with Crippen LogP contribution in [-0.2, 0) is 4.74 Å². The van der Waals surface area contributed by atoms with E-state index in [2.05, 4.69) is 20.3 Å². The number of anilines is 1. The van der Waals surface area contributed by atoms with E-state index in [9.17, 15) is 9.59 Å². The van der Waals surface area contributed by atoms with E-state index >= 15 is 0 Å². The Kier molecular flexibility index (Phi) is 7.14. The Bertz CT molecular complexity index is 1710. The van der Waals surface area contributed by atoms with E-state index in [0.717, 1.165) is 39.4 Å². The third-order valence-corrected chi connectivity index (χ3v) is 6.58. The number of methoxy groups -OCH3 is 1. The molecular weight excluding hydrogens is 494 g/mol. The molecule has 0 saturated carbocycles.